The number of hydrogen-bond acceptors (Lipinski definition) is 5. The van der Waals surface area contributed by atoms with Crippen LogP contribution in [0.2, 0.25) is 0 Å². The van der Waals surface area contributed by atoms with Gasteiger partial charge in [0.15, 0.2) is 0 Å². The third kappa shape index (κ3) is 3.75. The molecule has 136 valence electrons. The van der Waals surface area contributed by atoms with Gasteiger partial charge in [-0.05, 0) is 31.2 Å². The molecule has 3 N–H and O–H groups in total. The number of anilines is 2. The minimum absolute atomic E-state index is 0.0700. The zero-order valence-electron chi connectivity index (χ0n) is 13.5. The Kier molecular flexibility index (Phi) is 4.51. The molecule has 0 aliphatic carbocycles. The summed E-state index contributed by atoms with van der Waals surface area (Å²) >= 11 is 0. The van der Waals surface area contributed by atoms with E-state index in [4.69, 9.17) is 0 Å². The lowest BCUT2D eigenvalue weighted by atomic mass is 10.1. The highest BCUT2D eigenvalue weighted by Gasteiger charge is 2.31. The number of nitrogens with zero attached hydrogens (tertiary/aromatic N) is 2. The van der Waals surface area contributed by atoms with Crippen LogP contribution in [0, 0.1) is 0 Å². The van der Waals surface area contributed by atoms with Crippen LogP contribution in [0.5, 0.6) is 0 Å². The van der Waals surface area contributed by atoms with Crippen LogP contribution in [0.1, 0.15) is 22.8 Å². The largest absolute Gasteiger partial charge is 0.416 e. The summed E-state index contributed by atoms with van der Waals surface area (Å²) in [5, 5.41) is 3.77. The monoisotopic (exact) mass is 365 g/mol. The van der Waals surface area contributed by atoms with Crippen molar-refractivity contribution in [3.8, 4) is 0 Å². The van der Waals surface area contributed by atoms with Crippen LogP contribution in [0.15, 0.2) is 47.5 Å². The van der Waals surface area contributed by atoms with Crippen LogP contribution in [0.3, 0.4) is 0 Å². The van der Waals surface area contributed by atoms with Gasteiger partial charge in [-0.1, -0.05) is 6.07 Å². The lowest BCUT2D eigenvalue weighted by Gasteiger charge is -2.16. The smallest absolute Gasteiger partial charge is 0.316 e. The van der Waals surface area contributed by atoms with E-state index < -0.39 is 23.2 Å². The highest BCUT2D eigenvalue weighted by molar-refractivity contribution is 6.04. The number of carbonyl (C=O) groups is 1. The van der Waals surface area contributed by atoms with Gasteiger partial charge in [0.05, 0.1) is 11.8 Å². The Morgan fingerprint density at radius 2 is 2.12 bits per heavy atom. The molecule has 1 aromatic carbocycles. The predicted molar refractivity (Wildman–Crippen MR) is 88.5 cm³/mol. The molecular formula is C16H14F3N5O2. The lowest BCUT2D eigenvalue weighted by molar-refractivity contribution is -0.137. The van der Waals surface area contributed by atoms with Gasteiger partial charge >= 0.3 is 6.18 Å². The SMILES string of the molecule is CC1C=CN(c2ncc(NC(=O)c3cccc(C(F)(F)F)c3)c(=O)[nH]2)N1. The average Bonchev–Trinajstić information content (AvgIpc) is 3.02. The minimum atomic E-state index is -4.57. The molecule has 0 spiro atoms. The fourth-order valence-corrected chi connectivity index (χ4v) is 2.28. The number of halogens is 3. The molecule has 3 rings (SSSR count). The first kappa shape index (κ1) is 17.7. The number of hydrogen-bond donors (Lipinski definition) is 3. The summed E-state index contributed by atoms with van der Waals surface area (Å²) in [5.74, 6) is -0.628. The Balaban J connectivity index is 1.78. The molecule has 2 aromatic rings. The van der Waals surface area contributed by atoms with Crippen LogP contribution in [0.4, 0.5) is 24.8 Å². The Bertz CT molecular complexity index is 923. The Morgan fingerprint density at radius 3 is 2.73 bits per heavy atom. The zero-order valence-corrected chi connectivity index (χ0v) is 13.5. The first-order valence-electron chi connectivity index (χ1n) is 7.56. The van der Waals surface area contributed by atoms with Crippen LogP contribution >= 0.6 is 0 Å². The van der Waals surface area contributed by atoms with Gasteiger partial charge in [0.2, 0.25) is 5.95 Å². The molecule has 1 unspecified atom stereocenters. The van der Waals surface area contributed by atoms with Gasteiger partial charge in [0.25, 0.3) is 11.5 Å². The van der Waals surface area contributed by atoms with Crippen LogP contribution in [-0.4, -0.2) is 21.9 Å². The molecule has 1 aliphatic heterocycles. The molecule has 10 heteroatoms. The van der Waals surface area contributed by atoms with Crippen molar-refractivity contribution < 1.29 is 18.0 Å². The number of aromatic amines is 1. The van der Waals surface area contributed by atoms with Gasteiger partial charge in [-0.15, -0.1) is 0 Å². The summed E-state index contributed by atoms with van der Waals surface area (Å²) in [4.78, 5) is 30.7. The molecule has 1 aliphatic rings. The molecule has 0 radical (unpaired) electrons. The number of rotatable bonds is 3. The predicted octanol–water partition coefficient (Wildman–Crippen LogP) is 2.27. The van der Waals surface area contributed by atoms with Crippen molar-refractivity contribution in [1.29, 1.82) is 0 Å². The molecular weight excluding hydrogens is 351 g/mol. The summed E-state index contributed by atoms with van der Waals surface area (Å²) in [5.41, 5.74) is 1.02. The van der Waals surface area contributed by atoms with Crippen molar-refractivity contribution in [2.24, 2.45) is 0 Å². The van der Waals surface area contributed by atoms with Crippen molar-refractivity contribution in [3.05, 3.63) is 64.2 Å². The van der Waals surface area contributed by atoms with Crippen LogP contribution in [0.25, 0.3) is 0 Å². The van der Waals surface area contributed by atoms with Gasteiger partial charge in [-0.3, -0.25) is 19.6 Å². The molecule has 2 heterocycles. The Morgan fingerprint density at radius 1 is 1.35 bits per heavy atom. The number of hydrazine groups is 1. The number of aromatic nitrogens is 2. The summed E-state index contributed by atoms with van der Waals surface area (Å²) in [6.07, 6.45) is 0.107. The minimum Gasteiger partial charge on any atom is -0.316 e. The van der Waals surface area contributed by atoms with E-state index in [2.05, 4.69) is 20.7 Å². The zero-order chi connectivity index (χ0) is 18.9. The van der Waals surface area contributed by atoms with E-state index >= 15 is 0 Å². The highest BCUT2D eigenvalue weighted by Crippen LogP contribution is 2.29. The second-order valence-corrected chi connectivity index (χ2v) is 5.61. The maximum atomic E-state index is 12.7. The van der Waals surface area contributed by atoms with E-state index in [1.807, 2.05) is 13.0 Å². The number of amides is 1. The average molecular weight is 365 g/mol. The maximum Gasteiger partial charge on any atom is 0.416 e. The molecule has 7 nitrogen and oxygen atoms in total. The van der Waals surface area contributed by atoms with Gasteiger partial charge in [-0.25, -0.2) is 10.4 Å². The molecule has 26 heavy (non-hydrogen) atoms. The molecule has 0 fully saturated rings. The van der Waals surface area contributed by atoms with E-state index in [0.29, 0.717) is 6.07 Å². The molecule has 0 saturated heterocycles. The standard InChI is InChI=1S/C16H14F3N5O2/c1-9-5-6-24(23-9)15-20-8-12(14(26)22-15)21-13(25)10-3-2-4-11(7-10)16(17,18)19/h2-9,23H,1H3,(H,21,25)(H,20,22,26). The molecule has 0 bridgehead atoms. The molecule has 1 amide bonds. The van der Waals surface area contributed by atoms with Gasteiger partial charge < -0.3 is 5.32 Å². The van der Waals surface area contributed by atoms with Crippen molar-refractivity contribution in [1.82, 2.24) is 15.4 Å². The van der Waals surface area contributed by atoms with E-state index in [9.17, 15) is 22.8 Å². The van der Waals surface area contributed by atoms with Crippen LogP contribution in [-0.2, 0) is 6.18 Å². The van der Waals surface area contributed by atoms with Gasteiger partial charge in [0.1, 0.15) is 5.69 Å². The fraction of sp³-hybridized carbons (Fsp3) is 0.188. The second kappa shape index (κ2) is 6.64. The number of benzene rings is 1. The first-order chi connectivity index (χ1) is 12.2. The topological polar surface area (TPSA) is 90.1 Å². The van der Waals surface area contributed by atoms with E-state index in [0.717, 1.165) is 18.3 Å². The summed E-state index contributed by atoms with van der Waals surface area (Å²) in [6, 6.07) is 3.99. The van der Waals surface area contributed by atoms with Crippen molar-refractivity contribution in [3.63, 3.8) is 0 Å². The van der Waals surface area contributed by atoms with Gasteiger partial charge in [0, 0.05) is 17.8 Å². The molecule has 0 saturated carbocycles. The van der Waals surface area contributed by atoms with Crippen molar-refractivity contribution in [2.75, 3.05) is 10.3 Å². The molecule has 1 aromatic heterocycles. The van der Waals surface area contributed by atoms with Crippen molar-refractivity contribution in [2.45, 2.75) is 19.1 Å². The third-order valence-electron chi connectivity index (χ3n) is 3.58. The number of alkyl halides is 3. The number of carbonyl (C=O) groups excluding carboxylic acids is 1. The summed E-state index contributed by atoms with van der Waals surface area (Å²) in [7, 11) is 0. The lowest BCUT2D eigenvalue weighted by Crippen LogP contribution is -2.36. The van der Waals surface area contributed by atoms with Crippen molar-refractivity contribution >= 4 is 17.5 Å². The summed E-state index contributed by atoms with van der Waals surface area (Å²) < 4.78 is 38.2. The number of nitrogens with one attached hydrogen (secondary N) is 3. The second-order valence-electron chi connectivity index (χ2n) is 5.61. The number of H-pyrrole nitrogens is 1. The first-order valence-corrected chi connectivity index (χ1v) is 7.56. The Hall–Kier alpha value is -3.14. The highest BCUT2D eigenvalue weighted by atomic mass is 19.4. The summed E-state index contributed by atoms with van der Waals surface area (Å²) in [6.45, 7) is 1.90. The van der Waals surface area contributed by atoms with E-state index in [1.54, 1.807) is 6.20 Å². The fourth-order valence-electron chi connectivity index (χ4n) is 2.28. The van der Waals surface area contributed by atoms with E-state index in [1.165, 1.54) is 11.1 Å². The quantitative estimate of drug-likeness (QED) is 0.776. The maximum absolute atomic E-state index is 12.7. The molecule has 1 atom stereocenters. The Labute approximate surface area is 145 Å². The van der Waals surface area contributed by atoms with E-state index in [-0.39, 0.29) is 23.2 Å². The van der Waals surface area contributed by atoms with Gasteiger partial charge in [-0.2, -0.15) is 13.2 Å². The normalized spacial score (nSPS) is 16.8. The van der Waals surface area contributed by atoms with Crippen LogP contribution < -0.4 is 21.3 Å². The third-order valence-corrected chi connectivity index (χ3v) is 3.58.